The molecule has 0 bridgehead atoms. The molecule has 0 amide bonds. The number of hydrogen-bond acceptors (Lipinski definition) is 2. The van der Waals surface area contributed by atoms with Crippen LogP contribution in [0.15, 0.2) is 53.0 Å². The van der Waals surface area contributed by atoms with Crippen molar-refractivity contribution in [2.45, 2.75) is 12.0 Å². The van der Waals surface area contributed by atoms with Crippen LogP contribution in [0.4, 0.5) is 0 Å². The maximum Gasteiger partial charge on any atom is 0.0871 e. The Hall–Kier alpha value is -0.870. The van der Waals surface area contributed by atoms with E-state index in [-0.39, 0.29) is 5.92 Å². The molecule has 4 heteroatoms. The molecule has 0 fully saturated rings. The molecule has 2 rings (SSSR count). The summed E-state index contributed by atoms with van der Waals surface area (Å²) in [5, 5.41) is 11.1. The van der Waals surface area contributed by atoms with Gasteiger partial charge in [-0.2, -0.15) is 0 Å². The summed E-state index contributed by atoms with van der Waals surface area (Å²) in [6, 6.07) is 15.2. The SMILES string of the molecule is NCC(c1ccccc1)C(O)c1ccc(Br)c(Cl)c1. The molecule has 0 aliphatic rings. The van der Waals surface area contributed by atoms with Crippen molar-refractivity contribution in [1.82, 2.24) is 0 Å². The van der Waals surface area contributed by atoms with Crippen LogP contribution < -0.4 is 5.73 Å². The fourth-order valence-corrected chi connectivity index (χ4v) is 2.51. The molecule has 0 saturated heterocycles. The van der Waals surface area contributed by atoms with Gasteiger partial charge in [-0.05, 0) is 39.2 Å². The van der Waals surface area contributed by atoms with Gasteiger partial charge >= 0.3 is 0 Å². The minimum Gasteiger partial charge on any atom is -0.388 e. The topological polar surface area (TPSA) is 46.2 Å². The Balaban J connectivity index is 2.30. The smallest absolute Gasteiger partial charge is 0.0871 e. The summed E-state index contributed by atoms with van der Waals surface area (Å²) in [5.41, 5.74) is 7.60. The van der Waals surface area contributed by atoms with Crippen molar-refractivity contribution in [2.75, 3.05) is 6.54 Å². The lowest BCUT2D eigenvalue weighted by molar-refractivity contribution is 0.147. The molecule has 0 aliphatic carbocycles. The fourth-order valence-electron chi connectivity index (χ4n) is 2.08. The van der Waals surface area contributed by atoms with Crippen molar-refractivity contribution in [3.8, 4) is 0 Å². The van der Waals surface area contributed by atoms with Crippen molar-refractivity contribution in [3.05, 3.63) is 69.2 Å². The molecule has 2 nitrogen and oxygen atoms in total. The highest BCUT2D eigenvalue weighted by Crippen LogP contribution is 2.33. The van der Waals surface area contributed by atoms with Crippen molar-refractivity contribution < 1.29 is 5.11 Å². The summed E-state index contributed by atoms with van der Waals surface area (Å²) in [5.74, 6) is -0.140. The number of benzene rings is 2. The number of rotatable bonds is 4. The van der Waals surface area contributed by atoms with Crippen LogP contribution in [-0.4, -0.2) is 11.7 Å². The van der Waals surface area contributed by atoms with Gasteiger partial charge in [-0.15, -0.1) is 0 Å². The highest BCUT2D eigenvalue weighted by atomic mass is 79.9. The zero-order chi connectivity index (χ0) is 13.8. The molecule has 3 N–H and O–H groups in total. The largest absolute Gasteiger partial charge is 0.388 e. The van der Waals surface area contributed by atoms with Gasteiger partial charge in [0.15, 0.2) is 0 Å². The van der Waals surface area contributed by atoms with Gasteiger partial charge in [-0.3, -0.25) is 0 Å². The fraction of sp³-hybridized carbons (Fsp3) is 0.200. The van der Waals surface area contributed by atoms with Gasteiger partial charge in [0, 0.05) is 16.9 Å². The van der Waals surface area contributed by atoms with Crippen LogP contribution in [-0.2, 0) is 0 Å². The standard InChI is InChI=1S/C15H15BrClNO/c16-13-7-6-11(8-14(13)17)15(19)12(9-18)10-4-2-1-3-5-10/h1-8,12,15,19H,9,18H2. The van der Waals surface area contributed by atoms with Crippen molar-refractivity contribution in [2.24, 2.45) is 5.73 Å². The predicted octanol–water partition coefficient (Wildman–Crippen LogP) is 3.88. The quantitative estimate of drug-likeness (QED) is 0.887. The molecule has 0 aliphatic heterocycles. The Labute approximate surface area is 126 Å². The van der Waals surface area contributed by atoms with Crippen molar-refractivity contribution in [1.29, 1.82) is 0 Å². The Kier molecular flexibility index (Phi) is 4.99. The number of nitrogens with two attached hydrogens (primary N) is 1. The van der Waals surface area contributed by atoms with E-state index in [2.05, 4.69) is 15.9 Å². The second-order valence-electron chi connectivity index (χ2n) is 4.37. The molecule has 2 atom stereocenters. The van der Waals surface area contributed by atoms with E-state index in [1.165, 1.54) is 0 Å². The van der Waals surface area contributed by atoms with Gasteiger partial charge < -0.3 is 10.8 Å². The summed E-state index contributed by atoms with van der Waals surface area (Å²) >= 11 is 9.40. The Bertz CT molecular complexity index is 547. The van der Waals surface area contributed by atoms with E-state index in [0.717, 1.165) is 15.6 Å². The Morgan fingerprint density at radius 1 is 1.11 bits per heavy atom. The van der Waals surface area contributed by atoms with Gasteiger partial charge in [0.25, 0.3) is 0 Å². The van der Waals surface area contributed by atoms with Gasteiger partial charge in [-0.1, -0.05) is 48.0 Å². The van der Waals surface area contributed by atoms with E-state index in [0.29, 0.717) is 11.6 Å². The molecule has 100 valence electrons. The van der Waals surface area contributed by atoms with Crippen molar-refractivity contribution >= 4 is 27.5 Å². The Morgan fingerprint density at radius 2 is 1.79 bits per heavy atom. The molecule has 19 heavy (non-hydrogen) atoms. The first-order valence-corrected chi connectivity index (χ1v) is 7.18. The van der Waals surface area contributed by atoms with E-state index in [1.54, 1.807) is 6.07 Å². The zero-order valence-electron chi connectivity index (χ0n) is 10.3. The highest BCUT2D eigenvalue weighted by Gasteiger charge is 2.21. The summed E-state index contributed by atoms with van der Waals surface area (Å²) in [7, 11) is 0. The number of aliphatic hydroxyl groups is 1. The van der Waals surface area contributed by atoms with Crippen LogP contribution in [0.3, 0.4) is 0 Å². The highest BCUT2D eigenvalue weighted by molar-refractivity contribution is 9.10. The van der Waals surface area contributed by atoms with Gasteiger partial charge in [0.2, 0.25) is 0 Å². The van der Waals surface area contributed by atoms with E-state index < -0.39 is 6.10 Å². The minimum atomic E-state index is -0.669. The first-order chi connectivity index (χ1) is 9.13. The summed E-state index contributed by atoms with van der Waals surface area (Å²) in [6.07, 6.45) is -0.669. The lowest BCUT2D eigenvalue weighted by atomic mass is 9.89. The zero-order valence-corrected chi connectivity index (χ0v) is 12.6. The minimum absolute atomic E-state index is 0.140. The average Bonchev–Trinajstić information content (AvgIpc) is 2.44. The first-order valence-electron chi connectivity index (χ1n) is 6.01. The summed E-state index contributed by atoms with van der Waals surface area (Å²) in [4.78, 5) is 0. The molecule has 0 spiro atoms. The molecular weight excluding hydrogens is 326 g/mol. The molecule has 2 unspecified atom stereocenters. The maximum absolute atomic E-state index is 10.5. The van der Waals surface area contributed by atoms with Gasteiger partial charge in [0.1, 0.15) is 0 Å². The van der Waals surface area contributed by atoms with E-state index >= 15 is 0 Å². The molecule has 0 heterocycles. The predicted molar refractivity (Wildman–Crippen MR) is 82.3 cm³/mol. The lowest BCUT2D eigenvalue weighted by Gasteiger charge is -2.22. The number of halogens is 2. The second kappa shape index (κ2) is 6.53. The van der Waals surface area contributed by atoms with Gasteiger partial charge in [0.05, 0.1) is 11.1 Å². The van der Waals surface area contributed by atoms with Crippen LogP contribution in [0.1, 0.15) is 23.1 Å². The molecule has 2 aromatic carbocycles. The molecule has 0 aromatic heterocycles. The summed E-state index contributed by atoms with van der Waals surface area (Å²) < 4.78 is 0.814. The molecule has 0 radical (unpaired) electrons. The number of aliphatic hydroxyl groups excluding tert-OH is 1. The van der Waals surface area contributed by atoms with Crippen LogP contribution in [0, 0.1) is 0 Å². The van der Waals surface area contributed by atoms with Gasteiger partial charge in [-0.25, -0.2) is 0 Å². The molecule has 0 saturated carbocycles. The first kappa shape index (κ1) is 14.5. The normalized spacial score (nSPS) is 14.1. The maximum atomic E-state index is 10.5. The van der Waals surface area contributed by atoms with Crippen LogP contribution in [0.2, 0.25) is 5.02 Å². The second-order valence-corrected chi connectivity index (χ2v) is 5.63. The third kappa shape index (κ3) is 3.37. The van der Waals surface area contributed by atoms with Crippen LogP contribution in [0.5, 0.6) is 0 Å². The van der Waals surface area contributed by atoms with E-state index in [1.807, 2.05) is 42.5 Å². The van der Waals surface area contributed by atoms with Crippen LogP contribution >= 0.6 is 27.5 Å². The lowest BCUT2D eigenvalue weighted by Crippen LogP contribution is -2.20. The monoisotopic (exact) mass is 339 g/mol. The average molecular weight is 341 g/mol. The third-order valence-corrected chi connectivity index (χ3v) is 4.38. The third-order valence-electron chi connectivity index (χ3n) is 3.15. The number of hydrogen-bond donors (Lipinski definition) is 2. The van der Waals surface area contributed by atoms with Crippen LogP contribution in [0.25, 0.3) is 0 Å². The van der Waals surface area contributed by atoms with Crippen molar-refractivity contribution in [3.63, 3.8) is 0 Å². The Morgan fingerprint density at radius 3 is 2.37 bits per heavy atom. The summed E-state index contributed by atoms with van der Waals surface area (Å²) in [6.45, 7) is 0.374. The molecular formula is C15H15BrClNO. The van der Waals surface area contributed by atoms with E-state index in [4.69, 9.17) is 17.3 Å². The van der Waals surface area contributed by atoms with E-state index in [9.17, 15) is 5.11 Å². The molecule has 2 aromatic rings.